The zero-order valence-corrected chi connectivity index (χ0v) is 13.0. The second-order valence-corrected chi connectivity index (χ2v) is 6.08. The molecule has 0 radical (unpaired) electrons. The summed E-state index contributed by atoms with van der Waals surface area (Å²) in [5.41, 5.74) is 1.23. The molecule has 0 saturated carbocycles. The zero-order valence-electron chi connectivity index (χ0n) is 12.2. The molecule has 2 nitrogen and oxygen atoms in total. The van der Waals surface area contributed by atoms with E-state index in [-0.39, 0.29) is 0 Å². The lowest BCUT2D eigenvalue weighted by Crippen LogP contribution is -2.13. The highest BCUT2D eigenvalue weighted by Crippen LogP contribution is 2.32. The average molecular weight is 294 g/mol. The highest BCUT2D eigenvalue weighted by molar-refractivity contribution is 7.99. The van der Waals surface area contributed by atoms with Crippen LogP contribution in [0.5, 0.6) is 0 Å². The first kappa shape index (κ1) is 14.1. The SMILES string of the molecule is CNC(C)c1cccnc1Sc1ccc2ccccc2c1. The number of hydrogen-bond donors (Lipinski definition) is 1. The van der Waals surface area contributed by atoms with E-state index in [2.05, 4.69) is 65.8 Å². The number of nitrogens with zero attached hydrogens (tertiary/aromatic N) is 1. The Hall–Kier alpha value is -1.84. The van der Waals surface area contributed by atoms with Crippen molar-refractivity contribution in [2.75, 3.05) is 7.05 Å². The molecule has 1 atom stereocenters. The molecule has 106 valence electrons. The largest absolute Gasteiger partial charge is 0.313 e. The number of pyridine rings is 1. The molecule has 0 fully saturated rings. The Labute approximate surface area is 129 Å². The normalized spacial score (nSPS) is 12.5. The maximum absolute atomic E-state index is 4.55. The van der Waals surface area contributed by atoms with E-state index in [1.54, 1.807) is 11.8 Å². The molecule has 0 saturated heterocycles. The predicted octanol–water partition coefficient (Wildman–Crippen LogP) is 4.67. The summed E-state index contributed by atoms with van der Waals surface area (Å²) < 4.78 is 0. The Kier molecular flexibility index (Phi) is 4.23. The standard InChI is InChI=1S/C18H18N2S/c1-13(19-2)17-8-5-11-20-18(17)21-16-10-9-14-6-3-4-7-15(14)12-16/h3-13,19H,1-2H3. The third kappa shape index (κ3) is 3.09. The van der Waals surface area contributed by atoms with Crippen LogP contribution in [0.1, 0.15) is 18.5 Å². The molecule has 2 aromatic carbocycles. The van der Waals surface area contributed by atoms with Crippen LogP contribution in [0.4, 0.5) is 0 Å². The van der Waals surface area contributed by atoms with Crippen molar-refractivity contribution in [3.8, 4) is 0 Å². The minimum atomic E-state index is 0.293. The maximum atomic E-state index is 4.55. The van der Waals surface area contributed by atoms with Gasteiger partial charge in [-0.15, -0.1) is 0 Å². The molecule has 3 heteroatoms. The first-order chi connectivity index (χ1) is 10.3. The molecule has 1 N–H and O–H groups in total. The van der Waals surface area contributed by atoms with Crippen LogP contribution < -0.4 is 5.32 Å². The summed E-state index contributed by atoms with van der Waals surface area (Å²) >= 11 is 1.72. The van der Waals surface area contributed by atoms with E-state index in [0.29, 0.717) is 6.04 Å². The van der Waals surface area contributed by atoms with Crippen LogP contribution in [0.15, 0.2) is 70.7 Å². The van der Waals surface area contributed by atoms with Crippen molar-refractivity contribution in [1.82, 2.24) is 10.3 Å². The van der Waals surface area contributed by atoms with Gasteiger partial charge in [0, 0.05) is 22.7 Å². The van der Waals surface area contributed by atoms with Gasteiger partial charge in [0.25, 0.3) is 0 Å². The van der Waals surface area contributed by atoms with E-state index >= 15 is 0 Å². The molecule has 3 aromatic rings. The van der Waals surface area contributed by atoms with Gasteiger partial charge < -0.3 is 5.32 Å². The molecule has 0 aliphatic heterocycles. The van der Waals surface area contributed by atoms with Crippen molar-refractivity contribution in [3.05, 3.63) is 66.4 Å². The number of fused-ring (bicyclic) bond motifs is 1. The summed E-state index contributed by atoms with van der Waals surface area (Å²) in [4.78, 5) is 5.77. The summed E-state index contributed by atoms with van der Waals surface area (Å²) in [7, 11) is 1.97. The molecule has 0 amide bonds. The van der Waals surface area contributed by atoms with Crippen LogP contribution in [0.3, 0.4) is 0 Å². The van der Waals surface area contributed by atoms with E-state index in [1.165, 1.54) is 21.2 Å². The summed E-state index contributed by atoms with van der Waals surface area (Å²) in [6.45, 7) is 2.15. The van der Waals surface area contributed by atoms with Gasteiger partial charge in [0.15, 0.2) is 0 Å². The fourth-order valence-electron chi connectivity index (χ4n) is 2.32. The van der Waals surface area contributed by atoms with E-state index in [1.807, 2.05) is 19.3 Å². The van der Waals surface area contributed by atoms with Gasteiger partial charge in [-0.25, -0.2) is 4.98 Å². The molecular weight excluding hydrogens is 276 g/mol. The summed E-state index contributed by atoms with van der Waals surface area (Å²) in [5, 5.41) is 6.88. The number of benzene rings is 2. The molecule has 1 unspecified atom stereocenters. The van der Waals surface area contributed by atoms with Crippen LogP contribution in [0.2, 0.25) is 0 Å². The Morgan fingerprint density at radius 1 is 1.00 bits per heavy atom. The van der Waals surface area contributed by atoms with Crippen molar-refractivity contribution in [3.63, 3.8) is 0 Å². The molecule has 21 heavy (non-hydrogen) atoms. The van der Waals surface area contributed by atoms with Crippen LogP contribution in [-0.4, -0.2) is 12.0 Å². The van der Waals surface area contributed by atoms with Crippen LogP contribution in [0.25, 0.3) is 10.8 Å². The van der Waals surface area contributed by atoms with Gasteiger partial charge in [0.1, 0.15) is 5.03 Å². The highest BCUT2D eigenvalue weighted by atomic mass is 32.2. The van der Waals surface area contributed by atoms with Gasteiger partial charge in [0.05, 0.1) is 0 Å². The number of rotatable bonds is 4. The van der Waals surface area contributed by atoms with Crippen LogP contribution >= 0.6 is 11.8 Å². The molecule has 0 spiro atoms. The van der Waals surface area contributed by atoms with E-state index in [9.17, 15) is 0 Å². The van der Waals surface area contributed by atoms with Gasteiger partial charge in [0.2, 0.25) is 0 Å². The molecule has 1 aromatic heterocycles. The van der Waals surface area contributed by atoms with Gasteiger partial charge in [-0.1, -0.05) is 48.2 Å². The second-order valence-electron chi connectivity index (χ2n) is 5.02. The lowest BCUT2D eigenvalue weighted by atomic mass is 10.1. The van der Waals surface area contributed by atoms with Crippen molar-refractivity contribution >= 4 is 22.5 Å². The Balaban J connectivity index is 1.95. The molecular formula is C18H18N2S. The molecule has 0 aliphatic rings. The van der Waals surface area contributed by atoms with Gasteiger partial charge >= 0.3 is 0 Å². The third-order valence-electron chi connectivity index (χ3n) is 3.64. The lowest BCUT2D eigenvalue weighted by Gasteiger charge is -2.14. The number of nitrogens with one attached hydrogen (secondary N) is 1. The fourth-order valence-corrected chi connectivity index (χ4v) is 3.34. The molecule has 3 rings (SSSR count). The number of aromatic nitrogens is 1. The monoisotopic (exact) mass is 294 g/mol. The average Bonchev–Trinajstić information content (AvgIpc) is 2.54. The molecule has 0 aliphatic carbocycles. The third-order valence-corrected chi connectivity index (χ3v) is 4.66. The Bertz CT molecular complexity index is 755. The van der Waals surface area contributed by atoms with Crippen molar-refractivity contribution in [1.29, 1.82) is 0 Å². The smallest absolute Gasteiger partial charge is 0.105 e. The molecule has 0 bridgehead atoms. The second kappa shape index (κ2) is 6.29. The van der Waals surface area contributed by atoms with Crippen molar-refractivity contribution in [2.24, 2.45) is 0 Å². The van der Waals surface area contributed by atoms with Crippen LogP contribution in [0, 0.1) is 0 Å². The van der Waals surface area contributed by atoms with E-state index in [4.69, 9.17) is 0 Å². The summed E-state index contributed by atoms with van der Waals surface area (Å²) in [6.07, 6.45) is 1.86. The predicted molar refractivity (Wildman–Crippen MR) is 89.8 cm³/mol. The first-order valence-electron chi connectivity index (χ1n) is 7.07. The summed E-state index contributed by atoms with van der Waals surface area (Å²) in [6, 6.07) is 19.4. The molecule has 1 heterocycles. The van der Waals surface area contributed by atoms with Crippen molar-refractivity contribution in [2.45, 2.75) is 22.9 Å². The topological polar surface area (TPSA) is 24.9 Å². The minimum absolute atomic E-state index is 0.293. The minimum Gasteiger partial charge on any atom is -0.313 e. The lowest BCUT2D eigenvalue weighted by molar-refractivity contribution is 0.634. The van der Waals surface area contributed by atoms with Gasteiger partial charge in [-0.05, 0) is 42.9 Å². The fraction of sp³-hybridized carbons (Fsp3) is 0.167. The quantitative estimate of drug-likeness (QED) is 0.757. The number of hydrogen-bond acceptors (Lipinski definition) is 3. The maximum Gasteiger partial charge on any atom is 0.105 e. The highest BCUT2D eigenvalue weighted by Gasteiger charge is 2.11. The van der Waals surface area contributed by atoms with Crippen molar-refractivity contribution < 1.29 is 0 Å². The Morgan fingerprint density at radius 2 is 1.81 bits per heavy atom. The van der Waals surface area contributed by atoms with E-state index < -0.39 is 0 Å². The van der Waals surface area contributed by atoms with Crippen LogP contribution in [-0.2, 0) is 0 Å². The van der Waals surface area contributed by atoms with Gasteiger partial charge in [-0.3, -0.25) is 0 Å². The first-order valence-corrected chi connectivity index (χ1v) is 7.88. The van der Waals surface area contributed by atoms with E-state index in [0.717, 1.165) is 5.03 Å². The zero-order chi connectivity index (χ0) is 14.7. The summed E-state index contributed by atoms with van der Waals surface area (Å²) in [5.74, 6) is 0. The van der Waals surface area contributed by atoms with Gasteiger partial charge in [-0.2, -0.15) is 0 Å². The Morgan fingerprint density at radius 3 is 2.62 bits per heavy atom.